The molecule has 0 aliphatic carbocycles. The molecular weight excluding hydrogens is 415 g/mol. The molecule has 1 aromatic heterocycles. The zero-order valence-corrected chi connectivity index (χ0v) is 18.1. The highest BCUT2D eigenvalue weighted by Gasteiger charge is 2.17. The first-order valence-corrected chi connectivity index (χ1v) is 10.8. The number of anilines is 1. The van der Waals surface area contributed by atoms with Gasteiger partial charge in [0.05, 0.1) is 10.9 Å². The van der Waals surface area contributed by atoms with Gasteiger partial charge >= 0.3 is 0 Å². The number of nitrogens with one attached hydrogen (secondary N) is 2. The molecule has 2 N–H and O–H groups in total. The highest BCUT2D eigenvalue weighted by atomic mass is 32.1. The normalized spacial score (nSPS) is 11.6. The molecule has 0 aliphatic heterocycles. The number of benzene rings is 2. The van der Waals surface area contributed by atoms with E-state index in [1.807, 2.05) is 37.3 Å². The molecule has 0 spiro atoms. The van der Waals surface area contributed by atoms with Gasteiger partial charge < -0.3 is 10.6 Å². The van der Waals surface area contributed by atoms with Crippen molar-refractivity contribution in [3.05, 3.63) is 87.4 Å². The van der Waals surface area contributed by atoms with Gasteiger partial charge in [-0.3, -0.25) is 14.4 Å². The lowest BCUT2D eigenvalue weighted by atomic mass is 10.1. The zero-order chi connectivity index (χ0) is 22.4. The fourth-order valence-electron chi connectivity index (χ4n) is 3.04. The number of rotatable bonds is 8. The molecule has 2 aromatic carbocycles. The van der Waals surface area contributed by atoms with Crippen LogP contribution in [0.4, 0.5) is 10.1 Å². The quantitative estimate of drug-likeness (QED) is 0.469. The molecule has 0 saturated carbocycles. The third kappa shape index (κ3) is 5.86. The molecule has 0 bridgehead atoms. The molecule has 0 saturated heterocycles. The van der Waals surface area contributed by atoms with Crippen molar-refractivity contribution in [2.24, 2.45) is 0 Å². The summed E-state index contributed by atoms with van der Waals surface area (Å²) in [5.41, 5.74) is 1.47. The van der Waals surface area contributed by atoms with Crippen LogP contribution in [0, 0.1) is 12.7 Å². The fraction of sp³-hybridized carbons (Fsp3) is 0.208. The number of hydrogen-bond acceptors (Lipinski definition) is 4. The molecule has 160 valence electrons. The van der Waals surface area contributed by atoms with Crippen LogP contribution >= 0.6 is 11.3 Å². The first-order valence-electron chi connectivity index (χ1n) is 9.87. The lowest BCUT2D eigenvalue weighted by Gasteiger charge is -2.16. The van der Waals surface area contributed by atoms with Crippen LogP contribution in [-0.2, 0) is 4.79 Å². The van der Waals surface area contributed by atoms with Crippen molar-refractivity contribution in [2.75, 3.05) is 5.32 Å². The van der Waals surface area contributed by atoms with Crippen LogP contribution in [0.1, 0.15) is 57.0 Å². The van der Waals surface area contributed by atoms with Crippen LogP contribution in [0.15, 0.2) is 60.0 Å². The van der Waals surface area contributed by atoms with E-state index in [-0.39, 0.29) is 41.5 Å². The van der Waals surface area contributed by atoms with Gasteiger partial charge in [0.15, 0.2) is 5.78 Å². The summed E-state index contributed by atoms with van der Waals surface area (Å²) >= 11 is 1.32. The van der Waals surface area contributed by atoms with Crippen molar-refractivity contribution in [1.29, 1.82) is 0 Å². The smallest absolute Gasteiger partial charge is 0.251 e. The molecule has 0 radical (unpaired) electrons. The van der Waals surface area contributed by atoms with E-state index in [9.17, 15) is 18.8 Å². The Balaban J connectivity index is 1.66. The predicted molar refractivity (Wildman–Crippen MR) is 120 cm³/mol. The molecule has 1 atom stereocenters. The van der Waals surface area contributed by atoms with E-state index in [0.29, 0.717) is 4.88 Å². The van der Waals surface area contributed by atoms with E-state index in [1.54, 1.807) is 17.5 Å². The van der Waals surface area contributed by atoms with Gasteiger partial charge in [0, 0.05) is 29.7 Å². The second kappa shape index (κ2) is 10.1. The van der Waals surface area contributed by atoms with Crippen molar-refractivity contribution in [1.82, 2.24) is 5.32 Å². The summed E-state index contributed by atoms with van der Waals surface area (Å²) in [4.78, 5) is 37.6. The maximum atomic E-state index is 14.4. The van der Waals surface area contributed by atoms with E-state index >= 15 is 0 Å². The van der Waals surface area contributed by atoms with E-state index in [4.69, 9.17) is 0 Å². The summed E-state index contributed by atoms with van der Waals surface area (Å²) in [6.07, 6.45) is 0.0297. The van der Waals surface area contributed by atoms with E-state index < -0.39 is 17.6 Å². The summed E-state index contributed by atoms with van der Waals surface area (Å²) in [6.45, 7) is 3.36. The highest BCUT2D eigenvalue weighted by Crippen LogP contribution is 2.22. The van der Waals surface area contributed by atoms with Gasteiger partial charge in [0.1, 0.15) is 5.82 Å². The Morgan fingerprint density at radius 1 is 1.03 bits per heavy atom. The second-order valence-corrected chi connectivity index (χ2v) is 8.13. The summed E-state index contributed by atoms with van der Waals surface area (Å²) in [5, 5.41) is 7.26. The molecule has 0 aliphatic rings. The Kier molecular flexibility index (Phi) is 7.31. The average Bonchev–Trinajstić information content (AvgIpc) is 3.30. The topological polar surface area (TPSA) is 75.3 Å². The Morgan fingerprint density at radius 3 is 2.45 bits per heavy atom. The minimum absolute atomic E-state index is 0.0285. The van der Waals surface area contributed by atoms with Gasteiger partial charge in [0.25, 0.3) is 5.91 Å². The molecule has 3 rings (SSSR count). The maximum Gasteiger partial charge on any atom is 0.251 e. The van der Waals surface area contributed by atoms with Crippen molar-refractivity contribution >= 4 is 34.6 Å². The highest BCUT2D eigenvalue weighted by molar-refractivity contribution is 7.12. The van der Waals surface area contributed by atoms with Crippen LogP contribution in [-0.4, -0.2) is 17.6 Å². The lowest BCUT2D eigenvalue weighted by Crippen LogP contribution is -2.27. The molecule has 3 aromatic rings. The molecule has 1 unspecified atom stereocenters. The minimum atomic E-state index is -0.593. The zero-order valence-electron chi connectivity index (χ0n) is 17.3. The lowest BCUT2D eigenvalue weighted by molar-refractivity contribution is -0.116. The Bertz CT molecular complexity index is 1080. The first kappa shape index (κ1) is 22.4. The number of amides is 2. The number of thiophene rings is 1. The van der Waals surface area contributed by atoms with Gasteiger partial charge in [-0.15, -0.1) is 11.3 Å². The molecule has 5 nitrogen and oxygen atoms in total. The molecular formula is C24H23FN2O3S. The SMILES string of the molecule is Cc1c(F)cc(C(=O)NC(C)c2ccccc2)cc1NC(=O)CCC(=O)c1cccs1. The van der Waals surface area contributed by atoms with Crippen LogP contribution < -0.4 is 10.6 Å². The maximum absolute atomic E-state index is 14.4. The Hall–Kier alpha value is -3.32. The second-order valence-electron chi connectivity index (χ2n) is 7.19. The molecule has 1 heterocycles. The van der Waals surface area contributed by atoms with Gasteiger partial charge in [-0.2, -0.15) is 0 Å². The summed E-state index contributed by atoms with van der Waals surface area (Å²) < 4.78 is 14.4. The number of halogens is 1. The molecule has 7 heteroatoms. The number of carbonyl (C=O) groups excluding carboxylic acids is 3. The van der Waals surface area contributed by atoms with E-state index in [1.165, 1.54) is 24.3 Å². The number of hydrogen-bond donors (Lipinski definition) is 2. The monoisotopic (exact) mass is 438 g/mol. The Morgan fingerprint density at radius 2 is 1.77 bits per heavy atom. The third-order valence-electron chi connectivity index (χ3n) is 4.90. The van der Waals surface area contributed by atoms with Crippen LogP contribution in [0.3, 0.4) is 0 Å². The van der Waals surface area contributed by atoms with Crippen molar-refractivity contribution in [2.45, 2.75) is 32.7 Å². The van der Waals surface area contributed by atoms with Gasteiger partial charge in [-0.25, -0.2) is 4.39 Å². The third-order valence-corrected chi connectivity index (χ3v) is 5.81. The largest absolute Gasteiger partial charge is 0.346 e. The van der Waals surface area contributed by atoms with Crippen LogP contribution in [0.2, 0.25) is 0 Å². The van der Waals surface area contributed by atoms with Crippen LogP contribution in [0.5, 0.6) is 0 Å². The van der Waals surface area contributed by atoms with Crippen molar-refractivity contribution < 1.29 is 18.8 Å². The summed E-state index contributed by atoms with van der Waals surface area (Å²) in [6, 6.07) is 15.2. The summed E-state index contributed by atoms with van der Waals surface area (Å²) in [7, 11) is 0. The summed E-state index contributed by atoms with van der Waals surface area (Å²) in [5.74, 6) is -1.57. The van der Waals surface area contributed by atoms with Crippen molar-refractivity contribution in [3.8, 4) is 0 Å². The van der Waals surface area contributed by atoms with Crippen LogP contribution in [0.25, 0.3) is 0 Å². The van der Waals surface area contributed by atoms with E-state index in [2.05, 4.69) is 10.6 Å². The standard InChI is InChI=1S/C24H23FN2O3S/c1-15-19(25)13-18(24(30)26-16(2)17-7-4-3-5-8-17)14-20(15)27-23(29)11-10-21(28)22-9-6-12-31-22/h3-9,12-14,16H,10-11H2,1-2H3,(H,26,30)(H,27,29). The molecule has 31 heavy (non-hydrogen) atoms. The van der Waals surface area contributed by atoms with E-state index in [0.717, 1.165) is 11.6 Å². The van der Waals surface area contributed by atoms with Gasteiger partial charge in [0.2, 0.25) is 5.91 Å². The average molecular weight is 439 g/mol. The first-order chi connectivity index (χ1) is 14.8. The molecule has 2 amide bonds. The number of Topliss-reactive ketones (excluding diaryl/α,β-unsaturated/α-hetero) is 1. The van der Waals surface area contributed by atoms with Gasteiger partial charge in [-0.1, -0.05) is 36.4 Å². The number of ketones is 1. The van der Waals surface area contributed by atoms with Crippen molar-refractivity contribution in [3.63, 3.8) is 0 Å². The minimum Gasteiger partial charge on any atom is -0.346 e. The number of carbonyl (C=O) groups is 3. The predicted octanol–water partition coefficient (Wildman–Crippen LogP) is 5.29. The van der Waals surface area contributed by atoms with Gasteiger partial charge in [-0.05, 0) is 43.0 Å². The fourth-order valence-corrected chi connectivity index (χ4v) is 3.74. The molecule has 0 fully saturated rings. The Labute approximate surface area is 184 Å².